The van der Waals surface area contributed by atoms with Crippen LogP contribution in [-0.2, 0) is 0 Å². The van der Waals surface area contributed by atoms with Gasteiger partial charge in [0.25, 0.3) is 0 Å². The van der Waals surface area contributed by atoms with E-state index in [0.717, 1.165) is 12.8 Å². The number of ether oxygens (including phenoxy) is 1. The fourth-order valence-electron chi connectivity index (χ4n) is 1.38. The van der Waals surface area contributed by atoms with Gasteiger partial charge in [-0.2, -0.15) is 0 Å². The van der Waals surface area contributed by atoms with E-state index in [1.54, 1.807) is 0 Å². The van der Waals surface area contributed by atoms with Crippen LogP contribution in [0.5, 0.6) is 5.75 Å². The zero-order valence-corrected chi connectivity index (χ0v) is 10.2. The summed E-state index contributed by atoms with van der Waals surface area (Å²) in [4.78, 5) is 0. The molecule has 0 unspecified atom stereocenters. The maximum Gasteiger partial charge on any atom is 0.145 e. The van der Waals surface area contributed by atoms with Crippen molar-refractivity contribution >= 4 is 17.3 Å². The van der Waals surface area contributed by atoms with Gasteiger partial charge in [0.15, 0.2) is 0 Å². The van der Waals surface area contributed by atoms with Crippen LogP contribution in [0.15, 0.2) is 12.1 Å². The molecule has 4 heteroatoms. The minimum absolute atomic E-state index is 0.0239. The molecular weight excluding hydrogens is 229 g/mol. The first-order valence-corrected chi connectivity index (χ1v) is 5.90. The quantitative estimate of drug-likeness (QED) is 0.607. The molecule has 0 aliphatic carbocycles. The number of nitrogens with two attached hydrogens (primary N) is 1. The summed E-state index contributed by atoms with van der Waals surface area (Å²) < 4.78 is 18.5. The minimum atomic E-state index is -0.501. The van der Waals surface area contributed by atoms with Gasteiger partial charge in [0.05, 0.1) is 17.3 Å². The molecule has 90 valence electrons. The van der Waals surface area contributed by atoms with Crippen LogP contribution >= 0.6 is 11.6 Å². The molecule has 0 heterocycles. The van der Waals surface area contributed by atoms with Gasteiger partial charge in [-0.15, -0.1) is 0 Å². The number of hydrogen-bond acceptors (Lipinski definition) is 2. The monoisotopic (exact) mass is 245 g/mol. The molecule has 0 fully saturated rings. The minimum Gasteiger partial charge on any atom is -0.491 e. The highest BCUT2D eigenvalue weighted by Crippen LogP contribution is 2.28. The van der Waals surface area contributed by atoms with Gasteiger partial charge in [-0.05, 0) is 12.5 Å². The van der Waals surface area contributed by atoms with E-state index in [1.165, 1.54) is 25.0 Å². The predicted molar refractivity (Wildman–Crippen MR) is 65.5 cm³/mol. The largest absolute Gasteiger partial charge is 0.491 e. The molecule has 2 N–H and O–H groups in total. The molecule has 0 atom stereocenters. The third-order valence-electron chi connectivity index (χ3n) is 2.31. The van der Waals surface area contributed by atoms with Crippen molar-refractivity contribution in [1.29, 1.82) is 0 Å². The Morgan fingerprint density at radius 2 is 2.06 bits per heavy atom. The summed E-state index contributed by atoms with van der Waals surface area (Å²) in [5.41, 5.74) is 6.03. The normalized spacial score (nSPS) is 10.4. The third kappa shape index (κ3) is 3.89. The molecule has 0 aliphatic rings. The fourth-order valence-corrected chi connectivity index (χ4v) is 1.55. The first-order chi connectivity index (χ1) is 7.65. The first-order valence-electron chi connectivity index (χ1n) is 5.52. The molecule has 0 amide bonds. The lowest BCUT2D eigenvalue weighted by atomic mass is 10.2. The number of rotatable bonds is 6. The van der Waals surface area contributed by atoms with Gasteiger partial charge in [0.1, 0.15) is 11.6 Å². The summed E-state index contributed by atoms with van der Waals surface area (Å²) in [5, 5.41) is 0.0239. The van der Waals surface area contributed by atoms with Crippen molar-refractivity contribution in [3.63, 3.8) is 0 Å². The number of halogens is 2. The summed E-state index contributed by atoms with van der Waals surface area (Å²) in [6.07, 6.45) is 4.44. The fraction of sp³-hybridized carbons (Fsp3) is 0.500. The summed E-state index contributed by atoms with van der Waals surface area (Å²) in [6, 6.07) is 2.61. The molecule has 1 aromatic carbocycles. The SMILES string of the molecule is CCCCCCOc1cc(F)c(Cl)cc1N. The van der Waals surface area contributed by atoms with E-state index >= 15 is 0 Å². The standard InChI is InChI=1S/C12H17ClFNO/c1-2-3-4-5-6-16-12-8-10(14)9(13)7-11(12)15/h7-8H,2-6,15H2,1H3. The Morgan fingerprint density at radius 3 is 2.75 bits per heavy atom. The number of anilines is 1. The first kappa shape index (κ1) is 13.1. The number of nitrogen functional groups attached to an aromatic ring is 1. The molecule has 0 radical (unpaired) electrons. The maximum atomic E-state index is 13.1. The molecule has 0 saturated heterocycles. The number of benzene rings is 1. The smallest absolute Gasteiger partial charge is 0.145 e. The molecule has 2 nitrogen and oxygen atoms in total. The Hall–Kier alpha value is -0.960. The van der Waals surface area contributed by atoms with Gasteiger partial charge >= 0.3 is 0 Å². The third-order valence-corrected chi connectivity index (χ3v) is 2.60. The Bertz CT molecular complexity index is 344. The Morgan fingerprint density at radius 1 is 1.31 bits per heavy atom. The van der Waals surface area contributed by atoms with Crippen LogP contribution in [-0.4, -0.2) is 6.61 Å². The lowest BCUT2D eigenvalue weighted by Gasteiger charge is -2.09. The average molecular weight is 246 g/mol. The van der Waals surface area contributed by atoms with Gasteiger partial charge in [0.2, 0.25) is 0 Å². The maximum absolute atomic E-state index is 13.1. The van der Waals surface area contributed by atoms with Crippen LogP contribution in [0.25, 0.3) is 0 Å². The number of hydrogen-bond donors (Lipinski definition) is 1. The highest BCUT2D eigenvalue weighted by molar-refractivity contribution is 6.31. The van der Waals surface area contributed by atoms with Crippen molar-refractivity contribution in [1.82, 2.24) is 0 Å². The Kier molecular flexibility index (Phi) is 5.39. The molecule has 1 rings (SSSR count). The molecule has 0 saturated carbocycles. The summed E-state index contributed by atoms with van der Waals surface area (Å²) in [7, 11) is 0. The Balaban J connectivity index is 2.45. The lowest BCUT2D eigenvalue weighted by Crippen LogP contribution is -2.01. The highest BCUT2D eigenvalue weighted by Gasteiger charge is 2.06. The van der Waals surface area contributed by atoms with Gasteiger partial charge in [-0.3, -0.25) is 0 Å². The predicted octanol–water partition coefficient (Wildman–Crippen LogP) is 4.02. The molecule has 0 aromatic heterocycles. The van der Waals surface area contributed by atoms with Crippen LogP contribution in [0.2, 0.25) is 5.02 Å². The van der Waals surface area contributed by atoms with Crippen molar-refractivity contribution in [3.8, 4) is 5.75 Å². The van der Waals surface area contributed by atoms with Gasteiger partial charge in [-0.25, -0.2) is 4.39 Å². The zero-order valence-electron chi connectivity index (χ0n) is 9.43. The van der Waals surface area contributed by atoms with Crippen molar-refractivity contribution in [2.45, 2.75) is 32.6 Å². The van der Waals surface area contributed by atoms with Crippen LogP contribution in [0.3, 0.4) is 0 Å². The Labute approximate surface area is 101 Å². The van der Waals surface area contributed by atoms with E-state index in [9.17, 15) is 4.39 Å². The summed E-state index contributed by atoms with van der Waals surface area (Å²) in [6.45, 7) is 2.71. The van der Waals surface area contributed by atoms with E-state index < -0.39 is 5.82 Å². The zero-order chi connectivity index (χ0) is 12.0. The van der Waals surface area contributed by atoms with Crippen LogP contribution in [0.4, 0.5) is 10.1 Å². The van der Waals surface area contributed by atoms with E-state index in [-0.39, 0.29) is 5.02 Å². The molecular formula is C12H17ClFNO. The summed E-state index contributed by atoms with van der Waals surface area (Å²) >= 11 is 5.58. The molecule has 0 aliphatic heterocycles. The van der Waals surface area contributed by atoms with Crippen molar-refractivity contribution in [2.24, 2.45) is 0 Å². The van der Waals surface area contributed by atoms with Gasteiger partial charge in [0, 0.05) is 6.07 Å². The molecule has 0 spiro atoms. The topological polar surface area (TPSA) is 35.2 Å². The average Bonchev–Trinajstić information content (AvgIpc) is 2.25. The molecule has 16 heavy (non-hydrogen) atoms. The van der Waals surface area contributed by atoms with E-state index in [2.05, 4.69) is 6.92 Å². The van der Waals surface area contributed by atoms with E-state index in [4.69, 9.17) is 22.1 Å². The van der Waals surface area contributed by atoms with Crippen molar-refractivity contribution in [3.05, 3.63) is 23.0 Å². The molecule has 0 bridgehead atoms. The van der Waals surface area contributed by atoms with Gasteiger partial charge < -0.3 is 10.5 Å². The van der Waals surface area contributed by atoms with Crippen LogP contribution in [0, 0.1) is 5.82 Å². The van der Waals surface area contributed by atoms with E-state index in [0.29, 0.717) is 18.0 Å². The van der Waals surface area contributed by atoms with Gasteiger partial charge in [-0.1, -0.05) is 37.8 Å². The van der Waals surface area contributed by atoms with E-state index in [1.807, 2.05) is 0 Å². The highest BCUT2D eigenvalue weighted by atomic mass is 35.5. The summed E-state index contributed by atoms with van der Waals surface area (Å²) in [5.74, 6) is -0.127. The van der Waals surface area contributed by atoms with Crippen LogP contribution < -0.4 is 10.5 Å². The lowest BCUT2D eigenvalue weighted by molar-refractivity contribution is 0.305. The second-order valence-electron chi connectivity index (χ2n) is 3.71. The molecule has 1 aromatic rings. The van der Waals surface area contributed by atoms with Crippen molar-refractivity contribution < 1.29 is 9.13 Å². The second-order valence-corrected chi connectivity index (χ2v) is 4.12. The number of unbranched alkanes of at least 4 members (excludes halogenated alkanes) is 3. The second kappa shape index (κ2) is 6.59. The van der Waals surface area contributed by atoms with Crippen LogP contribution in [0.1, 0.15) is 32.6 Å². The van der Waals surface area contributed by atoms with Crippen molar-refractivity contribution in [2.75, 3.05) is 12.3 Å².